The highest BCUT2D eigenvalue weighted by Crippen LogP contribution is 2.42. The van der Waals surface area contributed by atoms with Crippen LogP contribution in [0, 0.1) is 0 Å². The third kappa shape index (κ3) is 8.88. The molecule has 1 aliphatic heterocycles. The van der Waals surface area contributed by atoms with Gasteiger partial charge in [-0.15, -0.1) is 0 Å². The fourth-order valence-corrected chi connectivity index (χ4v) is 6.83. The Morgan fingerprint density at radius 3 is 2.00 bits per heavy atom. The predicted octanol–water partition coefficient (Wildman–Crippen LogP) is 7.09. The summed E-state index contributed by atoms with van der Waals surface area (Å²) >= 11 is 0. The van der Waals surface area contributed by atoms with Crippen LogP contribution in [-0.4, -0.2) is 44.0 Å². The van der Waals surface area contributed by atoms with E-state index < -0.39 is 31.7 Å². The monoisotopic (exact) mass is 715 g/mol. The number of hydrogen-bond donors (Lipinski definition) is 0. The molecule has 5 aromatic rings. The Morgan fingerprint density at radius 1 is 0.780 bits per heavy atom. The van der Waals surface area contributed by atoms with Crippen LogP contribution in [0.1, 0.15) is 39.5 Å². The highest BCUT2D eigenvalue weighted by Gasteiger charge is 2.28. The number of benzene rings is 4. The molecule has 0 saturated heterocycles. The van der Waals surface area contributed by atoms with Gasteiger partial charge in [-0.2, -0.15) is 4.57 Å². The minimum absolute atomic E-state index is 0. The average Bonchev–Trinajstić information content (AvgIpc) is 3.60. The summed E-state index contributed by atoms with van der Waals surface area (Å²) in [5, 5.41) is 0. The number of allylic oxidation sites excluding steroid dienone is 2. The van der Waals surface area contributed by atoms with E-state index in [9.17, 15) is 25.9 Å². The summed E-state index contributed by atoms with van der Waals surface area (Å²) in [6.45, 7) is 2.43. The van der Waals surface area contributed by atoms with Gasteiger partial charge in [0.15, 0.2) is 12.3 Å². The summed E-state index contributed by atoms with van der Waals surface area (Å²) in [7, 11) is -8.81. The van der Waals surface area contributed by atoms with Crippen LogP contribution in [0.25, 0.3) is 39.4 Å². The maximum atomic E-state index is 11.4. The lowest BCUT2D eigenvalue weighted by atomic mass is 10.0. The Kier molecular flexibility index (Phi) is 11.3. The number of fused-ring (bicyclic) bond motifs is 2. The molecule has 0 amide bonds. The van der Waals surface area contributed by atoms with Gasteiger partial charge in [0.25, 0.3) is 5.52 Å². The summed E-state index contributed by atoms with van der Waals surface area (Å²) in [6.07, 6.45) is 4.46. The Balaban J connectivity index is 0.00000486. The van der Waals surface area contributed by atoms with Crippen LogP contribution < -0.4 is 14.2 Å². The molecule has 50 heavy (non-hydrogen) atoms. The first-order valence-electron chi connectivity index (χ1n) is 15.9. The summed E-state index contributed by atoms with van der Waals surface area (Å²) in [5.41, 5.74) is 6.82. The molecular formula is C38H39N2O8S2-. The van der Waals surface area contributed by atoms with E-state index in [4.69, 9.17) is 9.15 Å². The number of oxazole rings is 1. The number of aryl methyl sites for hydroxylation is 1. The number of hydrogen-bond acceptors (Lipinski definition) is 9. The van der Waals surface area contributed by atoms with Crippen molar-refractivity contribution in [2.75, 3.05) is 23.0 Å². The minimum Gasteiger partial charge on any atom is -0.748 e. The second-order valence-corrected chi connectivity index (χ2v) is 14.8. The molecular weight excluding hydrogens is 677 g/mol. The van der Waals surface area contributed by atoms with Gasteiger partial charge in [0.05, 0.1) is 32.0 Å². The zero-order chi connectivity index (χ0) is 34.6. The molecule has 6 rings (SSSR count). The van der Waals surface area contributed by atoms with Crippen LogP contribution in [0.15, 0.2) is 119 Å². The minimum atomic E-state index is -4.41. The molecule has 0 spiro atoms. The van der Waals surface area contributed by atoms with E-state index in [1.54, 1.807) is 0 Å². The number of ether oxygens (including phenoxy) is 1. The van der Waals surface area contributed by atoms with Crippen molar-refractivity contribution in [3.63, 3.8) is 0 Å². The lowest BCUT2D eigenvalue weighted by Gasteiger charge is -2.19. The molecule has 0 radical (unpaired) electrons. The van der Waals surface area contributed by atoms with Crippen molar-refractivity contribution >= 4 is 43.1 Å². The molecule has 0 aliphatic carbocycles. The van der Waals surface area contributed by atoms with Gasteiger partial charge in [0, 0.05) is 36.6 Å². The molecule has 0 atom stereocenters. The Morgan fingerprint density at radius 2 is 1.38 bits per heavy atom. The SMILES string of the molecule is C.CCC(=Cc1oc2ccc(-c3ccccc3)cc2[n+]1CCCS(=O)(=O)[O-])C=C1Oc2ccc(-c3ccccc3)cc2N1CCCS(=O)(=O)[O-]. The third-order valence-corrected chi connectivity index (χ3v) is 9.83. The molecule has 2 heterocycles. The fourth-order valence-electron chi connectivity index (χ4n) is 5.86. The molecule has 0 saturated carbocycles. The quantitative estimate of drug-likeness (QED) is 0.0921. The molecule has 1 aliphatic rings. The molecule has 0 unspecified atom stereocenters. The third-order valence-electron chi connectivity index (χ3n) is 8.25. The lowest BCUT2D eigenvalue weighted by Crippen LogP contribution is -2.36. The van der Waals surface area contributed by atoms with E-state index in [0.29, 0.717) is 29.5 Å². The van der Waals surface area contributed by atoms with Crippen LogP contribution in [0.4, 0.5) is 5.69 Å². The first kappa shape index (κ1) is 36.5. The number of anilines is 1. The topological polar surface area (TPSA) is 144 Å². The van der Waals surface area contributed by atoms with E-state index in [1.807, 2.05) is 126 Å². The smallest absolute Gasteiger partial charge is 0.374 e. The lowest BCUT2D eigenvalue weighted by molar-refractivity contribution is -0.677. The molecule has 12 heteroatoms. The zero-order valence-electron chi connectivity index (χ0n) is 26.8. The molecule has 262 valence electrons. The van der Waals surface area contributed by atoms with Crippen molar-refractivity contribution in [1.82, 2.24) is 0 Å². The Labute approximate surface area is 293 Å². The van der Waals surface area contributed by atoms with Gasteiger partial charge in [-0.25, -0.2) is 16.8 Å². The van der Waals surface area contributed by atoms with Crippen LogP contribution in [0.5, 0.6) is 5.75 Å². The fraction of sp³-hybridized carbons (Fsp3) is 0.237. The summed E-state index contributed by atoms with van der Waals surface area (Å²) in [5.74, 6) is 0.497. The highest BCUT2D eigenvalue weighted by molar-refractivity contribution is 7.85. The highest BCUT2D eigenvalue weighted by atomic mass is 32.2. The van der Waals surface area contributed by atoms with Crippen LogP contribution in [0.2, 0.25) is 0 Å². The average molecular weight is 716 g/mol. The van der Waals surface area contributed by atoms with Crippen molar-refractivity contribution < 1.29 is 39.7 Å². The van der Waals surface area contributed by atoms with Crippen molar-refractivity contribution in [2.45, 2.75) is 40.2 Å². The van der Waals surface area contributed by atoms with Gasteiger partial charge in [0.1, 0.15) is 0 Å². The van der Waals surface area contributed by atoms with Gasteiger partial charge in [-0.05, 0) is 58.9 Å². The standard InChI is InChI=1S/C37H36N2O8S2.CH4/c1-2-27(23-36-38(19-9-21-48(40,41)42)32-25-30(15-17-34(32)46-36)28-11-5-3-6-12-28)24-37-39(20-10-22-49(43,44)45)33-26-31(16-18-35(33)47-37)29-13-7-4-8-14-29;/h3-8,11-18,23-26H,2,9-10,19-22H2,1H3,(H-,40,41,42,43,44,45);1H4/p-1. The summed E-state index contributed by atoms with van der Waals surface area (Å²) in [4.78, 5) is 1.87. The maximum Gasteiger partial charge on any atom is 0.374 e. The van der Waals surface area contributed by atoms with Crippen LogP contribution in [0.3, 0.4) is 0 Å². The Bertz CT molecular complexity index is 2250. The van der Waals surface area contributed by atoms with Crippen molar-refractivity contribution in [1.29, 1.82) is 0 Å². The molecule has 0 bridgehead atoms. The molecule has 0 fully saturated rings. The number of aromatic nitrogens is 1. The number of nitrogens with zero attached hydrogens (tertiary/aromatic N) is 2. The van der Waals surface area contributed by atoms with E-state index in [2.05, 4.69) is 0 Å². The summed E-state index contributed by atoms with van der Waals surface area (Å²) < 4.78 is 83.1. The van der Waals surface area contributed by atoms with E-state index in [-0.39, 0.29) is 33.4 Å². The van der Waals surface area contributed by atoms with Crippen LogP contribution in [-0.2, 0) is 26.8 Å². The van der Waals surface area contributed by atoms with Crippen LogP contribution >= 0.6 is 0 Å². The van der Waals surface area contributed by atoms with E-state index >= 15 is 0 Å². The second kappa shape index (κ2) is 15.4. The van der Waals surface area contributed by atoms with E-state index in [0.717, 1.165) is 39.0 Å². The van der Waals surface area contributed by atoms with E-state index in [1.165, 1.54) is 0 Å². The maximum absolute atomic E-state index is 11.4. The van der Waals surface area contributed by atoms with Gasteiger partial charge in [-0.1, -0.05) is 87.1 Å². The Hall–Kier alpha value is -4.75. The first-order valence-corrected chi connectivity index (χ1v) is 19.1. The zero-order valence-corrected chi connectivity index (χ0v) is 28.5. The molecule has 10 nitrogen and oxygen atoms in total. The van der Waals surface area contributed by atoms with Crippen molar-refractivity contribution in [2.24, 2.45) is 0 Å². The molecule has 1 aromatic heterocycles. The molecule has 0 N–H and O–H groups in total. The largest absolute Gasteiger partial charge is 0.748 e. The van der Waals surface area contributed by atoms with Crippen molar-refractivity contribution in [3.05, 3.63) is 120 Å². The number of rotatable bonds is 13. The first-order chi connectivity index (χ1) is 23.5. The van der Waals surface area contributed by atoms with Gasteiger partial charge >= 0.3 is 5.89 Å². The summed E-state index contributed by atoms with van der Waals surface area (Å²) in [6, 6.07) is 31.3. The predicted molar refractivity (Wildman–Crippen MR) is 193 cm³/mol. The van der Waals surface area contributed by atoms with Gasteiger partial charge in [-0.3, -0.25) is 0 Å². The molecule has 4 aromatic carbocycles. The van der Waals surface area contributed by atoms with Crippen molar-refractivity contribution in [3.8, 4) is 28.0 Å². The van der Waals surface area contributed by atoms with Gasteiger partial charge in [0.2, 0.25) is 11.5 Å². The second-order valence-electron chi connectivity index (χ2n) is 11.7. The normalized spacial score (nSPS) is 14.1. The van der Waals surface area contributed by atoms with Gasteiger partial charge < -0.3 is 23.2 Å².